The van der Waals surface area contributed by atoms with Crippen LogP contribution in [0.25, 0.3) is 0 Å². The van der Waals surface area contributed by atoms with Crippen molar-refractivity contribution in [3.8, 4) is 0 Å². The topological polar surface area (TPSA) is 38.5 Å². The summed E-state index contributed by atoms with van der Waals surface area (Å²) in [5.74, 6) is 0.708. The summed E-state index contributed by atoms with van der Waals surface area (Å²) in [5, 5.41) is 1.79. The SMILES string of the molecule is CON(C)CC(C)(N)C1CC1. The maximum absolute atomic E-state index is 6.08. The highest BCUT2D eigenvalue weighted by atomic mass is 16.7. The van der Waals surface area contributed by atoms with Crippen LogP contribution in [0.5, 0.6) is 0 Å². The van der Waals surface area contributed by atoms with E-state index in [-0.39, 0.29) is 5.54 Å². The van der Waals surface area contributed by atoms with Crippen LogP contribution in [0.2, 0.25) is 0 Å². The fourth-order valence-electron chi connectivity index (χ4n) is 1.42. The third kappa shape index (κ3) is 2.43. The van der Waals surface area contributed by atoms with Gasteiger partial charge in [0.05, 0.1) is 7.11 Å². The van der Waals surface area contributed by atoms with Gasteiger partial charge in [-0.3, -0.25) is 0 Å². The van der Waals surface area contributed by atoms with Crippen molar-refractivity contribution < 1.29 is 4.84 Å². The Hall–Kier alpha value is -0.120. The summed E-state index contributed by atoms with van der Waals surface area (Å²) in [6.45, 7) is 2.91. The first-order valence-corrected chi connectivity index (χ1v) is 4.10. The molecule has 2 N–H and O–H groups in total. The van der Waals surface area contributed by atoms with Gasteiger partial charge in [0.15, 0.2) is 0 Å². The Morgan fingerprint density at radius 1 is 1.64 bits per heavy atom. The lowest BCUT2D eigenvalue weighted by Crippen LogP contribution is -2.48. The van der Waals surface area contributed by atoms with Crippen LogP contribution in [0.15, 0.2) is 0 Å². The zero-order valence-electron chi connectivity index (χ0n) is 7.63. The van der Waals surface area contributed by atoms with Gasteiger partial charge < -0.3 is 10.6 Å². The predicted octanol–water partition coefficient (Wildman–Crippen LogP) is 0.607. The van der Waals surface area contributed by atoms with Crippen LogP contribution >= 0.6 is 0 Å². The minimum atomic E-state index is -0.0647. The van der Waals surface area contributed by atoms with E-state index in [0.717, 1.165) is 6.54 Å². The maximum atomic E-state index is 6.08. The first-order valence-electron chi connectivity index (χ1n) is 4.10. The van der Waals surface area contributed by atoms with E-state index in [9.17, 15) is 0 Å². The lowest BCUT2D eigenvalue weighted by Gasteiger charge is -2.28. The van der Waals surface area contributed by atoms with Crippen LogP contribution in [0.4, 0.5) is 0 Å². The van der Waals surface area contributed by atoms with Gasteiger partial charge in [0.25, 0.3) is 0 Å². The summed E-state index contributed by atoms with van der Waals surface area (Å²) in [4.78, 5) is 5.02. The molecule has 1 aliphatic carbocycles. The summed E-state index contributed by atoms with van der Waals surface area (Å²) in [7, 11) is 3.58. The van der Waals surface area contributed by atoms with E-state index in [1.54, 1.807) is 12.2 Å². The standard InChI is InChI=1S/C8H18N2O/c1-8(9,7-4-5-7)6-10(2)11-3/h7H,4-6,9H2,1-3H3. The number of hydrogen-bond acceptors (Lipinski definition) is 3. The second-order valence-electron chi connectivity index (χ2n) is 3.75. The Morgan fingerprint density at radius 2 is 2.18 bits per heavy atom. The summed E-state index contributed by atoms with van der Waals surface area (Å²) in [6.07, 6.45) is 2.56. The highest BCUT2D eigenvalue weighted by Gasteiger charge is 2.38. The quantitative estimate of drug-likeness (QED) is 0.609. The van der Waals surface area contributed by atoms with Gasteiger partial charge in [-0.2, -0.15) is 5.06 Å². The molecule has 1 atom stereocenters. The van der Waals surface area contributed by atoms with E-state index < -0.39 is 0 Å². The first kappa shape index (κ1) is 8.97. The van der Waals surface area contributed by atoms with Gasteiger partial charge in [0, 0.05) is 19.1 Å². The fourth-order valence-corrected chi connectivity index (χ4v) is 1.42. The highest BCUT2D eigenvalue weighted by Crippen LogP contribution is 2.38. The highest BCUT2D eigenvalue weighted by molar-refractivity contribution is 4.96. The average molecular weight is 158 g/mol. The summed E-state index contributed by atoms with van der Waals surface area (Å²) in [5.41, 5.74) is 6.01. The molecule has 0 amide bonds. The number of likely N-dealkylation sites (N-methyl/N-ethyl adjacent to an activating group) is 1. The van der Waals surface area contributed by atoms with Crippen LogP contribution in [0, 0.1) is 5.92 Å². The second kappa shape index (κ2) is 3.09. The molecular formula is C8H18N2O. The van der Waals surface area contributed by atoms with Crippen molar-refractivity contribution in [3.63, 3.8) is 0 Å². The largest absolute Gasteiger partial charge is 0.324 e. The van der Waals surface area contributed by atoms with Crippen LogP contribution in [-0.4, -0.2) is 31.3 Å². The molecule has 0 aromatic rings. The third-order valence-electron chi connectivity index (χ3n) is 2.39. The molecule has 1 aliphatic rings. The molecule has 66 valence electrons. The second-order valence-corrected chi connectivity index (χ2v) is 3.75. The summed E-state index contributed by atoms with van der Waals surface area (Å²) < 4.78 is 0. The van der Waals surface area contributed by atoms with Gasteiger partial charge in [-0.05, 0) is 25.7 Å². The van der Waals surface area contributed by atoms with Crippen LogP contribution in [0.3, 0.4) is 0 Å². The Labute approximate surface area is 68.5 Å². The predicted molar refractivity (Wildman–Crippen MR) is 45.0 cm³/mol. The molecule has 0 aromatic heterocycles. The third-order valence-corrected chi connectivity index (χ3v) is 2.39. The molecule has 1 rings (SSSR count). The molecule has 1 saturated carbocycles. The monoisotopic (exact) mass is 158 g/mol. The van der Waals surface area contributed by atoms with Crippen molar-refractivity contribution in [1.82, 2.24) is 5.06 Å². The molecule has 0 heterocycles. The molecule has 0 aromatic carbocycles. The van der Waals surface area contributed by atoms with Crippen molar-refractivity contribution >= 4 is 0 Å². The molecule has 0 aliphatic heterocycles. The Morgan fingerprint density at radius 3 is 2.55 bits per heavy atom. The zero-order valence-corrected chi connectivity index (χ0v) is 7.63. The zero-order chi connectivity index (χ0) is 8.48. The van der Waals surface area contributed by atoms with E-state index in [1.807, 2.05) is 7.05 Å². The number of hydrogen-bond donors (Lipinski definition) is 1. The summed E-state index contributed by atoms with van der Waals surface area (Å²) in [6, 6.07) is 0. The van der Waals surface area contributed by atoms with Crippen molar-refractivity contribution in [3.05, 3.63) is 0 Å². The number of nitrogens with zero attached hydrogens (tertiary/aromatic N) is 1. The van der Waals surface area contributed by atoms with E-state index in [0.29, 0.717) is 5.92 Å². The number of rotatable bonds is 4. The van der Waals surface area contributed by atoms with Gasteiger partial charge in [-0.25, -0.2) is 0 Å². The normalized spacial score (nSPS) is 23.7. The van der Waals surface area contributed by atoms with Gasteiger partial charge in [0.2, 0.25) is 0 Å². The molecule has 0 saturated heterocycles. The van der Waals surface area contributed by atoms with Crippen LogP contribution in [-0.2, 0) is 4.84 Å². The molecule has 1 fully saturated rings. The van der Waals surface area contributed by atoms with Gasteiger partial charge >= 0.3 is 0 Å². The molecule has 0 bridgehead atoms. The lowest BCUT2D eigenvalue weighted by atomic mass is 9.97. The van der Waals surface area contributed by atoms with Gasteiger partial charge in [-0.15, -0.1) is 0 Å². The van der Waals surface area contributed by atoms with Gasteiger partial charge in [-0.1, -0.05) is 0 Å². The van der Waals surface area contributed by atoms with Crippen molar-refractivity contribution in [2.45, 2.75) is 25.3 Å². The molecule has 0 radical (unpaired) electrons. The fraction of sp³-hybridized carbons (Fsp3) is 1.00. The Balaban J connectivity index is 2.32. The van der Waals surface area contributed by atoms with E-state index in [4.69, 9.17) is 10.6 Å². The van der Waals surface area contributed by atoms with Crippen molar-refractivity contribution in [2.24, 2.45) is 11.7 Å². The molecule has 0 spiro atoms. The van der Waals surface area contributed by atoms with Crippen molar-refractivity contribution in [1.29, 1.82) is 0 Å². The van der Waals surface area contributed by atoms with Crippen LogP contribution in [0.1, 0.15) is 19.8 Å². The van der Waals surface area contributed by atoms with Gasteiger partial charge in [0.1, 0.15) is 0 Å². The minimum absolute atomic E-state index is 0.0647. The molecular weight excluding hydrogens is 140 g/mol. The molecule has 11 heavy (non-hydrogen) atoms. The molecule has 1 unspecified atom stereocenters. The van der Waals surface area contributed by atoms with E-state index in [2.05, 4.69) is 6.92 Å². The smallest absolute Gasteiger partial charge is 0.0575 e. The lowest BCUT2D eigenvalue weighted by molar-refractivity contribution is -0.121. The summed E-state index contributed by atoms with van der Waals surface area (Å²) >= 11 is 0. The van der Waals surface area contributed by atoms with Crippen LogP contribution < -0.4 is 5.73 Å². The van der Waals surface area contributed by atoms with E-state index in [1.165, 1.54) is 12.8 Å². The first-order chi connectivity index (χ1) is 5.06. The van der Waals surface area contributed by atoms with E-state index >= 15 is 0 Å². The molecule has 3 nitrogen and oxygen atoms in total. The average Bonchev–Trinajstić information content (AvgIpc) is 2.66. The molecule has 3 heteroatoms. The Kier molecular flexibility index (Phi) is 2.52. The maximum Gasteiger partial charge on any atom is 0.0575 e. The number of nitrogens with two attached hydrogens (primary N) is 1. The minimum Gasteiger partial charge on any atom is -0.324 e. The Bertz CT molecular complexity index is 132. The van der Waals surface area contributed by atoms with Crippen molar-refractivity contribution in [2.75, 3.05) is 20.7 Å². The number of hydroxylamine groups is 2.